The molecule has 0 radical (unpaired) electrons. The summed E-state index contributed by atoms with van der Waals surface area (Å²) in [5.41, 5.74) is 5.73. The largest absolute Gasteiger partial charge is 0.494 e. The zero-order valence-electron chi connectivity index (χ0n) is 11.0. The second-order valence-electron chi connectivity index (χ2n) is 4.78. The zero-order chi connectivity index (χ0) is 13.9. The first kappa shape index (κ1) is 14.8. The number of nitrogens with one attached hydrogen (secondary N) is 1. The van der Waals surface area contributed by atoms with Gasteiger partial charge in [-0.2, -0.15) is 0 Å². The molecule has 1 aromatic rings. The molecule has 1 heterocycles. The average Bonchev–Trinajstić information content (AvgIpc) is 3.06. The highest BCUT2D eigenvalue weighted by Gasteiger charge is 2.30. The van der Waals surface area contributed by atoms with Crippen molar-refractivity contribution in [1.82, 2.24) is 4.72 Å². The predicted molar refractivity (Wildman–Crippen MR) is 76.0 cm³/mol. The highest BCUT2D eigenvalue weighted by Crippen LogP contribution is 2.32. The van der Waals surface area contributed by atoms with E-state index in [4.69, 9.17) is 10.5 Å². The monoisotopic (exact) mass is 304 g/mol. The Labute approximate surface area is 118 Å². The molecule has 3 N–H and O–H groups in total. The Bertz CT molecular complexity index is 507. The number of sulfonamides is 1. The van der Waals surface area contributed by atoms with Gasteiger partial charge in [0.05, 0.1) is 7.11 Å². The summed E-state index contributed by atoms with van der Waals surface area (Å²) < 4.78 is 32.8. The summed E-state index contributed by atoms with van der Waals surface area (Å²) in [5, 5.41) is 1.71. The van der Waals surface area contributed by atoms with Crippen molar-refractivity contribution in [2.45, 2.75) is 35.9 Å². The van der Waals surface area contributed by atoms with Gasteiger partial charge in [0.1, 0.15) is 5.75 Å². The van der Waals surface area contributed by atoms with Crippen molar-refractivity contribution in [1.29, 1.82) is 0 Å². The van der Waals surface area contributed by atoms with Gasteiger partial charge in [0.15, 0.2) is 4.21 Å². The summed E-state index contributed by atoms with van der Waals surface area (Å²) in [6.07, 6.45) is 4.41. The van der Waals surface area contributed by atoms with Gasteiger partial charge in [-0.15, -0.1) is 11.3 Å². The van der Waals surface area contributed by atoms with Crippen molar-refractivity contribution in [2.24, 2.45) is 11.7 Å². The number of hydrogen-bond acceptors (Lipinski definition) is 5. The molecular weight excluding hydrogens is 284 g/mol. The quantitative estimate of drug-likeness (QED) is 0.835. The van der Waals surface area contributed by atoms with E-state index in [-0.39, 0.29) is 10.3 Å². The van der Waals surface area contributed by atoms with E-state index >= 15 is 0 Å². The van der Waals surface area contributed by atoms with Crippen LogP contribution in [-0.2, 0) is 10.0 Å². The number of methoxy groups -OCH3 is 1. The molecule has 0 bridgehead atoms. The van der Waals surface area contributed by atoms with Crippen LogP contribution in [-0.4, -0.2) is 28.1 Å². The molecular formula is C12H20N2O3S2. The summed E-state index contributed by atoms with van der Waals surface area (Å²) in [6, 6.07) is 1.48. The molecule has 1 aliphatic carbocycles. The Kier molecular flexibility index (Phi) is 4.83. The molecule has 0 aliphatic heterocycles. The first-order valence-electron chi connectivity index (χ1n) is 6.42. The van der Waals surface area contributed by atoms with Crippen molar-refractivity contribution in [3.8, 4) is 5.75 Å². The minimum Gasteiger partial charge on any atom is -0.494 e. The minimum absolute atomic E-state index is 0.181. The van der Waals surface area contributed by atoms with Gasteiger partial charge in [-0.3, -0.25) is 0 Å². The van der Waals surface area contributed by atoms with Crippen LogP contribution in [0.1, 0.15) is 25.7 Å². The molecule has 0 amide bonds. The molecule has 1 atom stereocenters. The molecule has 2 rings (SSSR count). The SMILES string of the molecule is COc1ccsc1S(=O)(=O)NC(CN)C1CCCC1. The topological polar surface area (TPSA) is 81.4 Å². The van der Waals surface area contributed by atoms with E-state index < -0.39 is 10.0 Å². The Balaban J connectivity index is 2.15. The van der Waals surface area contributed by atoms with Crippen LogP contribution in [0.25, 0.3) is 0 Å². The van der Waals surface area contributed by atoms with Crippen molar-refractivity contribution in [2.75, 3.05) is 13.7 Å². The van der Waals surface area contributed by atoms with Crippen molar-refractivity contribution >= 4 is 21.4 Å². The number of hydrogen-bond donors (Lipinski definition) is 2. The number of ether oxygens (including phenoxy) is 1. The maximum atomic E-state index is 12.4. The van der Waals surface area contributed by atoms with Crippen molar-refractivity contribution in [3.63, 3.8) is 0 Å². The number of rotatable bonds is 6. The van der Waals surface area contributed by atoms with Crippen LogP contribution in [0.3, 0.4) is 0 Å². The molecule has 0 spiro atoms. The summed E-state index contributed by atoms with van der Waals surface area (Å²) in [7, 11) is -2.07. The molecule has 19 heavy (non-hydrogen) atoms. The average molecular weight is 304 g/mol. The van der Waals surface area contributed by atoms with Crippen LogP contribution in [0.5, 0.6) is 5.75 Å². The molecule has 5 nitrogen and oxygen atoms in total. The highest BCUT2D eigenvalue weighted by molar-refractivity contribution is 7.91. The van der Waals surface area contributed by atoms with E-state index in [9.17, 15) is 8.42 Å². The van der Waals surface area contributed by atoms with Crippen LogP contribution in [0.2, 0.25) is 0 Å². The summed E-state index contributed by atoms with van der Waals surface area (Å²) in [5.74, 6) is 0.741. The predicted octanol–water partition coefficient (Wildman–Crippen LogP) is 1.55. The fourth-order valence-corrected chi connectivity index (χ4v) is 5.19. The lowest BCUT2D eigenvalue weighted by molar-refractivity contribution is 0.397. The Morgan fingerprint density at radius 1 is 1.53 bits per heavy atom. The lowest BCUT2D eigenvalue weighted by Crippen LogP contribution is -2.44. The van der Waals surface area contributed by atoms with E-state index in [0.29, 0.717) is 18.2 Å². The number of nitrogens with two attached hydrogens (primary N) is 1. The molecule has 0 aromatic carbocycles. The normalized spacial score (nSPS) is 18.6. The molecule has 1 fully saturated rings. The molecule has 1 unspecified atom stereocenters. The maximum Gasteiger partial charge on any atom is 0.254 e. The second-order valence-corrected chi connectivity index (χ2v) is 7.61. The molecule has 1 saturated carbocycles. The van der Waals surface area contributed by atoms with E-state index in [0.717, 1.165) is 37.0 Å². The lowest BCUT2D eigenvalue weighted by atomic mass is 9.99. The first-order valence-corrected chi connectivity index (χ1v) is 8.78. The Morgan fingerprint density at radius 3 is 2.79 bits per heavy atom. The minimum atomic E-state index is -3.54. The van der Waals surface area contributed by atoms with Crippen LogP contribution in [0.15, 0.2) is 15.7 Å². The molecule has 1 aromatic heterocycles. The first-order chi connectivity index (χ1) is 9.08. The second kappa shape index (κ2) is 6.21. The third-order valence-electron chi connectivity index (χ3n) is 3.59. The van der Waals surface area contributed by atoms with E-state index in [1.165, 1.54) is 7.11 Å². The van der Waals surface area contributed by atoms with Crippen molar-refractivity contribution in [3.05, 3.63) is 11.4 Å². The molecule has 108 valence electrons. The van der Waals surface area contributed by atoms with Gasteiger partial charge in [-0.05, 0) is 30.2 Å². The van der Waals surface area contributed by atoms with Crippen LogP contribution in [0, 0.1) is 5.92 Å². The van der Waals surface area contributed by atoms with Crippen LogP contribution >= 0.6 is 11.3 Å². The van der Waals surface area contributed by atoms with Gasteiger partial charge in [0.25, 0.3) is 10.0 Å². The summed E-state index contributed by atoms with van der Waals surface area (Å²) in [4.78, 5) is 0. The standard InChI is InChI=1S/C12H20N2O3S2/c1-17-11-6-7-18-12(11)19(15,16)14-10(8-13)9-4-2-3-5-9/h6-7,9-10,14H,2-5,8,13H2,1H3. The third kappa shape index (κ3) is 3.28. The molecule has 0 saturated heterocycles. The Morgan fingerprint density at radius 2 is 2.21 bits per heavy atom. The van der Waals surface area contributed by atoms with Gasteiger partial charge in [0.2, 0.25) is 0 Å². The van der Waals surface area contributed by atoms with Gasteiger partial charge in [-0.25, -0.2) is 13.1 Å². The van der Waals surface area contributed by atoms with Gasteiger partial charge in [-0.1, -0.05) is 12.8 Å². The van der Waals surface area contributed by atoms with Crippen molar-refractivity contribution < 1.29 is 13.2 Å². The summed E-state index contributed by atoms with van der Waals surface area (Å²) in [6.45, 7) is 0.331. The van der Waals surface area contributed by atoms with Crippen LogP contribution in [0.4, 0.5) is 0 Å². The highest BCUT2D eigenvalue weighted by atomic mass is 32.2. The van der Waals surface area contributed by atoms with Gasteiger partial charge >= 0.3 is 0 Å². The van der Waals surface area contributed by atoms with Crippen LogP contribution < -0.4 is 15.2 Å². The fraction of sp³-hybridized carbons (Fsp3) is 0.667. The lowest BCUT2D eigenvalue weighted by Gasteiger charge is -2.22. The number of thiophene rings is 1. The van der Waals surface area contributed by atoms with E-state index in [1.807, 2.05) is 0 Å². The maximum absolute atomic E-state index is 12.4. The molecule has 7 heteroatoms. The third-order valence-corrected chi connectivity index (χ3v) is 6.53. The van der Waals surface area contributed by atoms with Gasteiger partial charge < -0.3 is 10.5 Å². The van der Waals surface area contributed by atoms with E-state index in [1.54, 1.807) is 11.4 Å². The molecule has 1 aliphatic rings. The summed E-state index contributed by atoms with van der Waals surface area (Å²) >= 11 is 1.16. The fourth-order valence-electron chi connectivity index (χ4n) is 2.58. The zero-order valence-corrected chi connectivity index (χ0v) is 12.6. The Hall–Kier alpha value is -0.630. The van der Waals surface area contributed by atoms with E-state index in [2.05, 4.69) is 4.72 Å². The van der Waals surface area contributed by atoms with Gasteiger partial charge in [0, 0.05) is 12.6 Å². The smallest absolute Gasteiger partial charge is 0.254 e.